The summed E-state index contributed by atoms with van der Waals surface area (Å²) in [7, 11) is -2.72. The predicted octanol–water partition coefficient (Wildman–Crippen LogP) is 3.87. The van der Waals surface area contributed by atoms with Crippen LogP contribution in [0.5, 0.6) is 0 Å². The van der Waals surface area contributed by atoms with Crippen molar-refractivity contribution in [3.05, 3.63) is 96.1 Å². The van der Waals surface area contributed by atoms with Gasteiger partial charge >= 0.3 is 6.09 Å². The monoisotopic (exact) mass is 668 g/mol. The second-order valence-electron chi connectivity index (χ2n) is 11.9. The number of carbonyl (C=O) groups is 2. The Kier molecular flexibility index (Phi) is 14.7. The second-order valence-corrected chi connectivity index (χ2v) is 13.8. The molecule has 2 amide bonds. The van der Waals surface area contributed by atoms with Crippen LogP contribution in [-0.4, -0.2) is 79.9 Å². The first-order valence-electron chi connectivity index (χ1n) is 15.9. The van der Waals surface area contributed by atoms with Gasteiger partial charge in [-0.2, -0.15) is 4.31 Å². The van der Waals surface area contributed by atoms with Crippen LogP contribution in [0.25, 0.3) is 0 Å². The van der Waals surface area contributed by atoms with E-state index in [1.807, 2.05) is 74.5 Å². The van der Waals surface area contributed by atoms with Crippen molar-refractivity contribution in [2.75, 3.05) is 32.6 Å². The van der Waals surface area contributed by atoms with E-state index in [9.17, 15) is 28.2 Å². The number of nitrogens with one attached hydrogen (secondary N) is 2. The van der Waals surface area contributed by atoms with Gasteiger partial charge in [-0.1, -0.05) is 74.5 Å². The van der Waals surface area contributed by atoms with E-state index in [4.69, 9.17) is 10.5 Å². The van der Waals surface area contributed by atoms with E-state index in [1.165, 1.54) is 35.7 Å². The van der Waals surface area contributed by atoms with Crippen molar-refractivity contribution in [3.8, 4) is 0 Å². The zero-order valence-electron chi connectivity index (χ0n) is 27.3. The fourth-order valence-corrected chi connectivity index (χ4v) is 7.13. The summed E-state index contributed by atoms with van der Waals surface area (Å²) in [6.07, 6.45) is 0.790. The van der Waals surface area contributed by atoms with Gasteiger partial charge in [0.05, 0.1) is 31.3 Å². The summed E-state index contributed by atoms with van der Waals surface area (Å²) in [5, 5.41) is 26.1. The lowest BCUT2D eigenvalue weighted by Crippen LogP contribution is -2.53. The van der Waals surface area contributed by atoms with Gasteiger partial charge in [0, 0.05) is 24.2 Å². The maximum Gasteiger partial charge on any atom is 0.407 e. The van der Waals surface area contributed by atoms with Gasteiger partial charge < -0.3 is 31.3 Å². The number of hydrogen-bond donors (Lipinski definition) is 5. The van der Waals surface area contributed by atoms with Gasteiger partial charge in [0.2, 0.25) is 15.9 Å². The maximum absolute atomic E-state index is 13.8. The number of sulfonamides is 1. The lowest BCUT2D eigenvalue weighted by molar-refractivity contribution is -0.124. The number of alkyl carbamates (subject to hydrolysis) is 1. The smallest absolute Gasteiger partial charge is 0.407 e. The molecule has 0 aromatic heterocycles. The normalized spacial score (nSPS) is 13.7. The molecular formula is C35H48N4O7S. The van der Waals surface area contributed by atoms with Gasteiger partial charge in [0.25, 0.3) is 0 Å². The number of amides is 2. The largest absolute Gasteiger partial charge is 0.453 e. The maximum atomic E-state index is 13.8. The summed E-state index contributed by atoms with van der Waals surface area (Å²) in [6, 6.07) is 22.1. The number of nitrogen functional groups attached to an aromatic ring is 1. The molecule has 0 spiro atoms. The summed E-state index contributed by atoms with van der Waals surface area (Å²) < 4.78 is 33.5. The molecule has 0 unspecified atom stereocenters. The summed E-state index contributed by atoms with van der Waals surface area (Å²) in [4.78, 5) is 26.4. The third kappa shape index (κ3) is 10.8. The molecule has 256 valence electrons. The number of anilines is 1. The van der Waals surface area contributed by atoms with Crippen LogP contribution in [0.4, 0.5) is 10.5 Å². The van der Waals surface area contributed by atoms with E-state index in [1.54, 1.807) is 0 Å². The quantitative estimate of drug-likeness (QED) is 0.127. The lowest BCUT2D eigenvalue weighted by atomic mass is 9.84. The Labute approximate surface area is 278 Å². The molecule has 47 heavy (non-hydrogen) atoms. The topological polar surface area (TPSA) is 171 Å². The molecule has 0 radical (unpaired) electrons. The highest BCUT2D eigenvalue weighted by atomic mass is 32.2. The highest BCUT2D eigenvalue weighted by Gasteiger charge is 2.34. The molecule has 0 heterocycles. The fourth-order valence-electron chi connectivity index (χ4n) is 5.47. The Bertz CT molecular complexity index is 1450. The molecule has 6 N–H and O–H groups in total. The number of benzene rings is 3. The van der Waals surface area contributed by atoms with E-state index in [2.05, 4.69) is 10.6 Å². The molecule has 12 heteroatoms. The zero-order chi connectivity index (χ0) is 34.4. The van der Waals surface area contributed by atoms with Crippen LogP contribution in [-0.2, 0) is 19.6 Å². The molecule has 11 nitrogen and oxygen atoms in total. The second kappa shape index (κ2) is 18.4. The van der Waals surface area contributed by atoms with Crippen LogP contribution in [0.15, 0.2) is 89.8 Å². The number of methoxy groups -OCH3 is 1. The molecule has 0 fully saturated rings. The fraction of sp³-hybridized carbons (Fsp3) is 0.429. The van der Waals surface area contributed by atoms with Gasteiger partial charge in [-0.25, -0.2) is 13.2 Å². The van der Waals surface area contributed by atoms with Crippen LogP contribution in [0.2, 0.25) is 0 Å². The minimum absolute atomic E-state index is 0.0879. The minimum Gasteiger partial charge on any atom is -0.453 e. The van der Waals surface area contributed by atoms with Crippen molar-refractivity contribution in [1.82, 2.24) is 14.9 Å². The van der Waals surface area contributed by atoms with Crippen molar-refractivity contribution in [2.45, 2.75) is 68.5 Å². The van der Waals surface area contributed by atoms with E-state index >= 15 is 0 Å². The number of aliphatic hydroxyl groups is 2. The van der Waals surface area contributed by atoms with Gasteiger partial charge in [-0.05, 0) is 67.0 Å². The number of carbonyl (C=O) groups excluding carboxylic acids is 2. The van der Waals surface area contributed by atoms with Crippen molar-refractivity contribution in [3.63, 3.8) is 0 Å². The third-order valence-corrected chi connectivity index (χ3v) is 10.0. The Hall–Kier alpha value is -3.97. The van der Waals surface area contributed by atoms with Crippen LogP contribution < -0.4 is 16.4 Å². The molecule has 3 aromatic carbocycles. The SMILES string of the molecule is COC(=O)N[C@H](C(=O)N[C@@H](CO)CCC[C@@H](CO)N(CCC(C)C)S(=O)(=O)c1ccc(N)cc1)C(c1ccccc1)c1ccccc1. The molecule has 0 aliphatic rings. The first-order chi connectivity index (χ1) is 22.5. The molecule has 0 aliphatic carbocycles. The Morgan fingerprint density at radius 3 is 1.89 bits per heavy atom. The van der Waals surface area contributed by atoms with Crippen molar-refractivity contribution in [2.24, 2.45) is 5.92 Å². The average molecular weight is 669 g/mol. The zero-order valence-corrected chi connectivity index (χ0v) is 28.1. The van der Waals surface area contributed by atoms with Crippen LogP contribution in [0.1, 0.15) is 56.6 Å². The highest BCUT2D eigenvalue weighted by molar-refractivity contribution is 7.89. The van der Waals surface area contributed by atoms with Gasteiger partial charge in [0.15, 0.2) is 0 Å². The van der Waals surface area contributed by atoms with Crippen LogP contribution >= 0.6 is 0 Å². The van der Waals surface area contributed by atoms with Gasteiger partial charge in [0.1, 0.15) is 6.04 Å². The summed E-state index contributed by atoms with van der Waals surface area (Å²) in [5.74, 6) is -0.854. The van der Waals surface area contributed by atoms with Gasteiger partial charge in [-0.3, -0.25) is 4.79 Å². The van der Waals surface area contributed by atoms with Crippen LogP contribution in [0.3, 0.4) is 0 Å². The number of aliphatic hydroxyl groups excluding tert-OH is 2. The minimum atomic E-state index is -3.94. The van der Waals surface area contributed by atoms with E-state index < -0.39 is 52.7 Å². The summed E-state index contributed by atoms with van der Waals surface area (Å²) in [6.45, 7) is 3.43. The molecule has 0 saturated heterocycles. The van der Waals surface area contributed by atoms with Crippen LogP contribution in [0, 0.1) is 5.92 Å². The predicted molar refractivity (Wildman–Crippen MR) is 182 cm³/mol. The summed E-state index contributed by atoms with van der Waals surface area (Å²) in [5.41, 5.74) is 7.81. The first-order valence-corrected chi connectivity index (χ1v) is 17.3. The molecular weight excluding hydrogens is 620 g/mol. The number of hydrogen-bond acceptors (Lipinski definition) is 8. The van der Waals surface area contributed by atoms with Crippen molar-refractivity contribution >= 4 is 27.7 Å². The summed E-state index contributed by atoms with van der Waals surface area (Å²) >= 11 is 0. The first kappa shape index (κ1) is 37.5. The average Bonchev–Trinajstić information content (AvgIpc) is 3.07. The lowest BCUT2D eigenvalue weighted by Gasteiger charge is -2.31. The molecule has 3 atom stereocenters. The number of nitrogens with zero attached hydrogens (tertiary/aromatic N) is 1. The van der Waals surface area contributed by atoms with Gasteiger partial charge in [-0.15, -0.1) is 0 Å². The Morgan fingerprint density at radius 2 is 1.40 bits per heavy atom. The van der Waals surface area contributed by atoms with E-state index in [-0.39, 0.29) is 30.4 Å². The number of rotatable bonds is 18. The third-order valence-electron chi connectivity index (χ3n) is 8.08. The standard InChI is InChI=1S/C35H48N4O7S/c1-25(2)21-22-39(47(44,45)31-19-17-28(36)18-20-31)30(24-41)16-10-15-29(23-40)37-34(42)33(38-35(43)46-3)32(26-11-6-4-7-12-26)27-13-8-5-9-14-27/h4-9,11-14,17-20,25,29-30,32-33,40-41H,10,15-16,21-24,36H2,1-3H3,(H,37,42)(H,38,43)/t29-,30+,33+/m1/s1. The Morgan fingerprint density at radius 1 is 0.830 bits per heavy atom. The molecule has 0 bridgehead atoms. The molecule has 0 saturated carbocycles. The highest BCUT2D eigenvalue weighted by Crippen LogP contribution is 2.29. The van der Waals surface area contributed by atoms with E-state index in [0.29, 0.717) is 24.9 Å². The molecule has 3 aromatic rings. The molecule has 0 aliphatic heterocycles. The molecule has 3 rings (SSSR count). The van der Waals surface area contributed by atoms with Crippen molar-refractivity contribution in [1.29, 1.82) is 0 Å². The van der Waals surface area contributed by atoms with Crippen molar-refractivity contribution < 1.29 is 33.0 Å². The number of ether oxygens (including phenoxy) is 1. The number of nitrogens with two attached hydrogens (primary N) is 1. The Balaban J connectivity index is 1.79. The van der Waals surface area contributed by atoms with E-state index in [0.717, 1.165) is 11.1 Å².